The number of aryl methyl sites for hydroxylation is 1. The number of fused-ring (bicyclic) bond motifs is 5. The third-order valence-electron chi connectivity index (χ3n) is 14.9. The van der Waals surface area contributed by atoms with Crippen LogP contribution in [0.1, 0.15) is 77.8 Å². The van der Waals surface area contributed by atoms with Crippen molar-refractivity contribution in [1.29, 1.82) is 0 Å². The minimum Gasteiger partial charge on any atom is -0.457 e. The van der Waals surface area contributed by atoms with Gasteiger partial charge in [-0.3, -0.25) is 4.57 Å². The molecule has 1 aliphatic carbocycles. The molecule has 0 N–H and O–H groups in total. The lowest BCUT2D eigenvalue weighted by Gasteiger charge is -2.42. The Morgan fingerprint density at radius 1 is 0.514 bits per heavy atom. The highest BCUT2D eigenvalue weighted by Crippen LogP contribution is 2.53. The van der Waals surface area contributed by atoms with Gasteiger partial charge in [-0.25, -0.2) is 4.98 Å². The summed E-state index contributed by atoms with van der Waals surface area (Å²) in [7, 11) is 0. The lowest BCUT2D eigenvalue weighted by Crippen LogP contribution is -2.33. The Bertz CT molecular complexity index is 4760. The predicted molar refractivity (Wildman–Crippen MR) is 309 cm³/mol. The Morgan fingerprint density at radius 2 is 1.23 bits per heavy atom. The van der Waals surface area contributed by atoms with Gasteiger partial charge in [0, 0.05) is 55.6 Å². The standard InChI is InChI=1S/C69H58N4O/c1-46-39-66(70-44-59(46)48-21-10-7-11-22-48)73-62-30-13-12-27-57(62)58-35-34-54(43-65(58)73)74-53-26-17-25-52(42-53)71-45-72(64-32-15-14-31-63(64)71)67-55(50-24-16-23-49(40-50)47-19-8-6-9-20-47)28-18-29-56(67)51-33-36-60-61(41-51)69(4,5)38-37-68(60,2)3/h6-36,39-44H,37-38,45H2,1-5H3/i1D3,6D,8D,9D,12D,13D,16D,19D,20D,24D,27D,30D,40D. The van der Waals surface area contributed by atoms with Crippen molar-refractivity contribution in [3.8, 4) is 61.8 Å². The molecule has 0 radical (unpaired) electrons. The molecule has 360 valence electrons. The molecule has 74 heavy (non-hydrogen) atoms. The van der Waals surface area contributed by atoms with Gasteiger partial charge in [0.15, 0.2) is 0 Å². The van der Waals surface area contributed by atoms with E-state index in [2.05, 4.69) is 55.7 Å². The third-order valence-corrected chi connectivity index (χ3v) is 14.9. The second-order valence-electron chi connectivity index (χ2n) is 20.3. The largest absolute Gasteiger partial charge is 0.457 e. The maximum absolute atomic E-state index is 9.94. The fraction of sp³-hybridized carbons (Fsp3) is 0.145. The van der Waals surface area contributed by atoms with E-state index >= 15 is 0 Å². The van der Waals surface area contributed by atoms with Crippen molar-refractivity contribution < 1.29 is 25.3 Å². The highest BCUT2D eigenvalue weighted by molar-refractivity contribution is 6.09. The van der Waals surface area contributed by atoms with Crippen molar-refractivity contribution in [2.24, 2.45) is 0 Å². The lowest BCUT2D eigenvalue weighted by molar-refractivity contribution is 0.332. The number of para-hydroxylation sites is 4. The third kappa shape index (κ3) is 7.82. The number of benzene rings is 9. The Labute approximate surface area is 455 Å². The van der Waals surface area contributed by atoms with Crippen LogP contribution >= 0.6 is 0 Å². The fourth-order valence-electron chi connectivity index (χ4n) is 11.0. The summed E-state index contributed by atoms with van der Waals surface area (Å²) in [5, 5.41) is 0.689. The van der Waals surface area contributed by atoms with E-state index in [9.17, 15) is 5.48 Å². The van der Waals surface area contributed by atoms with Gasteiger partial charge in [-0.1, -0.05) is 179 Å². The van der Waals surface area contributed by atoms with E-state index in [-0.39, 0.29) is 86.7 Å². The minimum atomic E-state index is -2.59. The van der Waals surface area contributed by atoms with Gasteiger partial charge in [-0.05, 0) is 130 Å². The molecule has 0 fully saturated rings. The van der Waals surface area contributed by atoms with Gasteiger partial charge in [-0.2, -0.15) is 0 Å². The predicted octanol–water partition coefficient (Wildman–Crippen LogP) is 18.5. The van der Waals surface area contributed by atoms with Crippen LogP contribution in [-0.4, -0.2) is 16.2 Å². The molecule has 1 aliphatic heterocycles. The van der Waals surface area contributed by atoms with Crippen molar-refractivity contribution in [2.45, 2.75) is 58.2 Å². The van der Waals surface area contributed by atoms with Crippen LogP contribution in [-0.2, 0) is 10.8 Å². The van der Waals surface area contributed by atoms with Gasteiger partial charge < -0.3 is 14.5 Å². The molecule has 11 aromatic rings. The number of rotatable bonds is 9. The van der Waals surface area contributed by atoms with Crippen LogP contribution in [0.2, 0.25) is 0 Å². The number of hydrogen-bond acceptors (Lipinski definition) is 4. The molecule has 0 amide bonds. The SMILES string of the molecule is [2H]c1cc(-c2c([2H])c([2H])c([2H])c([2H])c2[2H])c([2H])c(-c2cccc(-c3ccc4c(c3)C(C)(C)CCC4(C)C)c2N2CN(c3cccc(Oc4ccc5c6c([2H])c([2H])c([2H])c([2H])c6n(-c6cc(C([2H])([2H])[2H])c(-c7ccccc7)cn6)c5c4)c3)c3ccccc32)c1[2H]. The molecule has 0 saturated carbocycles. The first-order chi connectivity index (χ1) is 42.3. The normalized spacial score (nSPS) is 17.6. The highest BCUT2D eigenvalue weighted by Gasteiger charge is 2.38. The topological polar surface area (TPSA) is 33.5 Å². The van der Waals surface area contributed by atoms with Crippen molar-refractivity contribution in [3.05, 3.63) is 241 Å². The van der Waals surface area contributed by atoms with E-state index in [1.165, 1.54) is 29.5 Å². The zero-order valence-corrected chi connectivity index (χ0v) is 41.3. The molecule has 13 rings (SSSR count). The van der Waals surface area contributed by atoms with Crippen molar-refractivity contribution in [1.82, 2.24) is 9.55 Å². The highest BCUT2D eigenvalue weighted by atomic mass is 16.5. The number of nitrogens with zero attached hydrogens (tertiary/aromatic N) is 4. The second-order valence-corrected chi connectivity index (χ2v) is 20.3. The molecule has 0 atom stereocenters. The van der Waals surface area contributed by atoms with Crippen LogP contribution in [0.25, 0.3) is 72.1 Å². The first-order valence-electron chi connectivity index (χ1n) is 32.3. The quantitative estimate of drug-likeness (QED) is 0.144. The maximum atomic E-state index is 9.94. The van der Waals surface area contributed by atoms with Gasteiger partial charge in [0.05, 0.1) is 44.5 Å². The van der Waals surface area contributed by atoms with Crippen LogP contribution < -0.4 is 14.5 Å². The summed E-state index contributed by atoms with van der Waals surface area (Å²) in [4.78, 5) is 9.01. The Balaban J connectivity index is 0.950. The molecule has 9 aromatic carbocycles. The summed E-state index contributed by atoms with van der Waals surface area (Å²) in [6.07, 6.45) is 3.46. The Morgan fingerprint density at radius 3 is 2.05 bits per heavy atom. The Hall–Kier alpha value is -8.67. The van der Waals surface area contributed by atoms with E-state index in [1.54, 1.807) is 53.1 Å². The molecule has 0 saturated heterocycles. The number of anilines is 4. The van der Waals surface area contributed by atoms with Crippen molar-refractivity contribution in [2.75, 3.05) is 16.5 Å². The summed E-state index contributed by atoms with van der Waals surface area (Å²) >= 11 is 0. The van der Waals surface area contributed by atoms with Gasteiger partial charge in [0.2, 0.25) is 0 Å². The monoisotopic (exact) mass is 974 g/mol. The van der Waals surface area contributed by atoms with Gasteiger partial charge in [-0.15, -0.1) is 0 Å². The average molecular weight is 974 g/mol. The van der Waals surface area contributed by atoms with Crippen LogP contribution in [0, 0.1) is 6.85 Å². The summed E-state index contributed by atoms with van der Waals surface area (Å²) in [6.45, 7) is 6.66. The van der Waals surface area contributed by atoms with Crippen LogP contribution in [0.5, 0.6) is 11.5 Å². The van der Waals surface area contributed by atoms with E-state index in [0.717, 1.165) is 35.3 Å². The smallest absolute Gasteiger partial charge is 0.137 e. The van der Waals surface area contributed by atoms with Crippen LogP contribution in [0.3, 0.4) is 0 Å². The molecule has 2 aromatic heterocycles. The molecule has 3 heterocycles. The fourth-order valence-corrected chi connectivity index (χ4v) is 11.0. The molecule has 5 nitrogen and oxygen atoms in total. The van der Waals surface area contributed by atoms with Crippen LogP contribution in [0.4, 0.5) is 22.7 Å². The maximum Gasteiger partial charge on any atom is 0.137 e. The lowest BCUT2D eigenvalue weighted by atomic mass is 9.63. The molecule has 0 bridgehead atoms. The van der Waals surface area contributed by atoms with E-state index < -0.39 is 49.1 Å². The number of pyridine rings is 1. The number of ether oxygens (including phenoxy) is 1. The second kappa shape index (κ2) is 17.8. The van der Waals surface area contributed by atoms with E-state index in [0.29, 0.717) is 50.5 Å². The van der Waals surface area contributed by atoms with Crippen molar-refractivity contribution >= 4 is 44.6 Å². The van der Waals surface area contributed by atoms with Gasteiger partial charge in [0.1, 0.15) is 24.0 Å². The summed E-state index contributed by atoms with van der Waals surface area (Å²) in [5.41, 5.74) is 8.50. The van der Waals surface area contributed by atoms with Gasteiger partial charge >= 0.3 is 0 Å². The zero-order valence-electron chi connectivity index (χ0n) is 56.3. The summed E-state index contributed by atoms with van der Waals surface area (Å²) in [6, 6.07) is 39.4. The zero-order chi connectivity index (χ0) is 63.1. The number of aromatic nitrogens is 2. The molecule has 2 aliphatic rings. The van der Waals surface area contributed by atoms with E-state index in [1.807, 2.05) is 66.7 Å². The van der Waals surface area contributed by atoms with E-state index in [4.69, 9.17) is 24.8 Å². The Kier molecular flexibility index (Phi) is 7.64. The summed E-state index contributed by atoms with van der Waals surface area (Å²) in [5.74, 6) is 0.883. The molecular weight excluding hydrogens is 901 g/mol. The average Bonchev–Trinajstić information content (AvgIpc) is 1.67. The first kappa shape index (κ1) is 31.7. The van der Waals surface area contributed by atoms with Gasteiger partial charge in [0.25, 0.3) is 0 Å². The van der Waals surface area contributed by atoms with Crippen molar-refractivity contribution in [3.63, 3.8) is 0 Å². The number of hydrogen-bond donors (Lipinski definition) is 0. The molecule has 0 spiro atoms. The molecule has 0 unspecified atom stereocenters. The summed E-state index contributed by atoms with van der Waals surface area (Å²) < 4.78 is 142. The first-order valence-corrected chi connectivity index (χ1v) is 24.8. The molecule has 5 heteroatoms. The minimum absolute atomic E-state index is 0.00730. The molecular formula is C69H58N4O. The van der Waals surface area contributed by atoms with Crippen LogP contribution in [0.15, 0.2) is 224 Å².